The first-order chi connectivity index (χ1) is 16.1. The Balaban J connectivity index is 1.16. The van der Waals surface area contributed by atoms with Gasteiger partial charge in [0, 0.05) is 76.8 Å². The lowest BCUT2D eigenvalue weighted by atomic mass is 10.2. The van der Waals surface area contributed by atoms with Crippen molar-refractivity contribution in [3.63, 3.8) is 0 Å². The predicted octanol–water partition coefficient (Wildman–Crippen LogP) is 0.243. The molecule has 0 saturated carbocycles. The number of ether oxygens (including phenoxy) is 1. The predicted molar refractivity (Wildman–Crippen MR) is 130 cm³/mol. The number of piperazine rings is 2. The van der Waals surface area contributed by atoms with E-state index in [0.717, 1.165) is 64.6 Å². The van der Waals surface area contributed by atoms with Crippen molar-refractivity contribution in [1.29, 1.82) is 0 Å². The minimum Gasteiger partial charge on any atom is -0.378 e. The van der Waals surface area contributed by atoms with Crippen LogP contribution in [0.15, 0.2) is 24.3 Å². The number of amides is 2. The standard InChI is InChI=1S/C24H38N6O3/c1-2-26-11-13-29(14-12-26)22-5-3-21(4-6-22)25-23(31)19-27-7-9-28(10-8-27)20-24(32)30-15-17-33-18-16-30/h3-6H,2,7-20H2,1H3,(H,25,31). The molecule has 1 N–H and O–H groups in total. The largest absolute Gasteiger partial charge is 0.378 e. The Morgan fingerprint density at radius 3 is 1.97 bits per heavy atom. The number of carbonyl (C=O) groups excluding carboxylic acids is 2. The molecule has 4 rings (SSSR count). The highest BCUT2D eigenvalue weighted by atomic mass is 16.5. The molecule has 9 heteroatoms. The lowest BCUT2D eigenvalue weighted by molar-refractivity contribution is -0.137. The third-order valence-corrected chi connectivity index (χ3v) is 6.89. The third-order valence-electron chi connectivity index (χ3n) is 6.89. The number of rotatable bonds is 7. The van der Waals surface area contributed by atoms with Gasteiger partial charge in [-0.1, -0.05) is 6.92 Å². The Kier molecular flexibility index (Phi) is 8.55. The van der Waals surface area contributed by atoms with E-state index in [0.29, 0.717) is 39.4 Å². The molecule has 3 aliphatic heterocycles. The number of nitrogens with zero attached hydrogens (tertiary/aromatic N) is 5. The van der Waals surface area contributed by atoms with E-state index in [1.54, 1.807) is 0 Å². The first-order valence-corrected chi connectivity index (χ1v) is 12.3. The maximum Gasteiger partial charge on any atom is 0.238 e. The van der Waals surface area contributed by atoms with Crippen molar-refractivity contribution in [2.24, 2.45) is 0 Å². The molecule has 0 bridgehead atoms. The van der Waals surface area contributed by atoms with E-state index in [4.69, 9.17) is 4.74 Å². The molecule has 0 atom stereocenters. The number of hydrogen-bond acceptors (Lipinski definition) is 7. The fraction of sp³-hybridized carbons (Fsp3) is 0.667. The third kappa shape index (κ3) is 6.89. The molecule has 33 heavy (non-hydrogen) atoms. The maximum absolute atomic E-state index is 12.5. The zero-order valence-electron chi connectivity index (χ0n) is 19.9. The molecule has 0 aromatic heterocycles. The zero-order chi connectivity index (χ0) is 23.0. The van der Waals surface area contributed by atoms with Crippen LogP contribution in [0.1, 0.15) is 6.92 Å². The number of likely N-dealkylation sites (N-methyl/N-ethyl adjacent to an activating group) is 1. The van der Waals surface area contributed by atoms with E-state index in [1.165, 1.54) is 5.69 Å². The summed E-state index contributed by atoms with van der Waals surface area (Å²) in [5, 5.41) is 3.03. The molecule has 0 aliphatic carbocycles. The van der Waals surface area contributed by atoms with Crippen molar-refractivity contribution in [2.75, 3.05) is 109 Å². The van der Waals surface area contributed by atoms with Crippen LogP contribution in [-0.2, 0) is 14.3 Å². The number of carbonyl (C=O) groups is 2. The van der Waals surface area contributed by atoms with Gasteiger partial charge in [-0.15, -0.1) is 0 Å². The maximum atomic E-state index is 12.5. The van der Waals surface area contributed by atoms with Crippen LogP contribution in [0.4, 0.5) is 11.4 Å². The second-order valence-electron chi connectivity index (χ2n) is 9.06. The minimum absolute atomic E-state index is 0.0113. The second kappa shape index (κ2) is 11.8. The van der Waals surface area contributed by atoms with E-state index in [-0.39, 0.29) is 11.8 Å². The molecular weight excluding hydrogens is 420 g/mol. The molecule has 3 fully saturated rings. The van der Waals surface area contributed by atoms with Gasteiger partial charge in [0.2, 0.25) is 11.8 Å². The molecule has 1 aromatic rings. The van der Waals surface area contributed by atoms with Gasteiger partial charge in [0.15, 0.2) is 0 Å². The van der Waals surface area contributed by atoms with E-state index in [2.05, 4.69) is 44.0 Å². The molecule has 0 unspecified atom stereocenters. The van der Waals surface area contributed by atoms with Gasteiger partial charge in [0.25, 0.3) is 0 Å². The van der Waals surface area contributed by atoms with Gasteiger partial charge in [-0.25, -0.2) is 0 Å². The van der Waals surface area contributed by atoms with Crippen LogP contribution in [0.3, 0.4) is 0 Å². The van der Waals surface area contributed by atoms with Crippen LogP contribution < -0.4 is 10.2 Å². The van der Waals surface area contributed by atoms with Gasteiger partial charge in [0.05, 0.1) is 26.3 Å². The minimum atomic E-state index is 0.0113. The van der Waals surface area contributed by atoms with Gasteiger partial charge < -0.3 is 24.8 Å². The number of nitrogens with one attached hydrogen (secondary N) is 1. The second-order valence-corrected chi connectivity index (χ2v) is 9.06. The first kappa shape index (κ1) is 23.9. The van der Waals surface area contributed by atoms with E-state index in [1.807, 2.05) is 17.0 Å². The number of benzene rings is 1. The summed E-state index contributed by atoms with van der Waals surface area (Å²) in [6, 6.07) is 8.19. The Labute approximate surface area is 197 Å². The normalized spacial score (nSPS) is 21.2. The molecule has 3 aliphatic rings. The number of hydrogen-bond donors (Lipinski definition) is 1. The highest BCUT2D eigenvalue weighted by molar-refractivity contribution is 5.92. The fourth-order valence-electron chi connectivity index (χ4n) is 4.69. The molecule has 3 heterocycles. The average Bonchev–Trinajstić information content (AvgIpc) is 2.86. The SMILES string of the molecule is CCN1CCN(c2ccc(NC(=O)CN3CCN(CC(=O)N4CCOCC4)CC3)cc2)CC1. The molecule has 182 valence electrons. The molecule has 1 aromatic carbocycles. The van der Waals surface area contributed by atoms with Crippen molar-refractivity contribution < 1.29 is 14.3 Å². The van der Waals surface area contributed by atoms with E-state index in [9.17, 15) is 9.59 Å². The smallest absolute Gasteiger partial charge is 0.238 e. The number of morpholine rings is 1. The zero-order valence-corrected chi connectivity index (χ0v) is 19.9. The summed E-state index contributed by atoms with van der Waals surface area (Å²) in [5.74, 6) is 0.192. The molecular formula is C24H38N6O3. The Morgan fingerprint density at radius 2 is 1.36 bits per heavy atom. The van der Waals surface area contributed by atoms with E-state index >= 15 is 0 Å². The van der Waals surface area contributed by atoms with Crippen molar-refractivity contribution in [3.8, 4) is 0 Å². The lowest BCUT2D eigenvalue weighted by Gasteiger charge is -2.35. The van der Waals surface area contributed by atoms with Crippen LogP contribution in [0.2, 0.25) is 0 Å². The summed E-state index contributed by atoms with van der Waals surface area (Å²) in [6.07, 6.45) is 0. The monoisotopic (exact) mass is 458 g/mol. The summed E-state index contributed by atoms with van der Waals surface area (Å²) in [7, 11) is 0. The van der Waals surface area contributed by atoms with Crippen molar-refractivity contribution in [3.05, 3.63) is 24.3 Å². The summed E-state index contributed by atoms with van der Waals surface area (Å²) in [4.78, 5) is 36.1. The van der Waals surface area contributed by atoms with Gasteiger partial charge in [-0.05, 0) is 30.8 Å². The summed E-state index contributed by atoms with van der Waals surface area (Å²) < 4.78 is 5.32. The highest BCUT2D eigenvalue weighted by Crippen LogP contribution is 2.19. The fourth-order valence-corrected chi connectivity index (χ4v) is 4.69. The van der Waals surface area contributed by atoms with Gasteiger partial charge >= 0.3 is 0 Å². The van der Waals surface area contributed by atoms with Gasteiger partial charge in [0.1, 0.15) is 0 Å². The van der Waals surface area contributed by atoms with Crippen molar-refractivity contribution in [2.45, 2.75) is 6.92 Å². The van der Waals surface area contributed by atoms with Crippen LogP contribution >= 0.6 is 0 Å². The molecule has 3 saturated heterocycles. The summed E-state index contributed by atoms with van der Waals surface area (Å²) in [6.45, 7) is 14.3. The van der Waals surface area contributed by atoms with Crippen molar-refractivity contribution in [1.82, 2.24) is 19.6 Å². The summed E-state index contributed by atoms with van der Waals surface area (Å²) >= 11 is 0. The topological polar surface area (TPSA) is 71.6 Å². The number of anilines is 2. The first-order valence-electron chi connectivity index (χ1n) is 12.3. The van der Waals surface area contributed by atoms with Gasteiger partial charge in [-0.3, -0.25) is 19.4 Å². The van der Waals surface area contributed by atoms with Crippen molar-refractivity contribution >= 4 is 23.2 Å². The molecule has 2 amide bonds. The van der Waals surface area contributed by atoms with Crippen LogP contribution in [0.5, 0.6) is 0 Å². The summed E-state index contributed by atoms with van der Waals surface area (Å²) in [5.41, 5.74) is 2.05. The van der Waals surface area contributed by atoms with Crippen LogP contribution in [-0.4, -0.2) is 130 Å². The van der Waals surface area contributed by atoms with E-state index < -0.39 is 0 Å². The Morgan fingerprint density at radius 1 is 0.788 bits per heavy atom. The highest BCUT2D eigenvalue weighted by Gasteiger charge is 2.24. The Bertz CT molecular complexity index is 767. The average molecular weight is 459 g/mol. The quantitative estimate of drug-likeness (QED) is 0.628. The lowest BCUT2D eigenvalue weighted by Crippen LogP contribution is -2.52. The molecule has 9 nitrogen and oxygen atoms in total. The van der Waals surface area contributed by atoms with Gasteiger partial charge in [-0.2, -0.15) is 0 Å². The Hall–Kier alpha value is -2.20. The molecule has 0 spiro atoms. The van der Waals surface area contributed by atoms with Crippen LogP contribution in [0, 0.1) is 0 Å². The molecule has 0 radical (unpaired) electrons. The van der Waals surface area contributed by atoms with Crippen LogP contribution in [0.25, 0.3) is 0 Å².